The van der Waals surface area contributed by atoms with Crippen molar-refractivity contribution in [2.75, 3.05) is 5.75 Å². The zero-order valence-corrected chi connectivity index (χ0v) is 13.9. The van der Waals surface area contributed by atoms with E-state index in [1.54, 1.807) is 17.7 Å². The molecule has 1 aliphatic rings. The second kappa shape index (κ2) is 6.32. The van der Waals surface area contributed by atoms with Crippen molar-refractivity contribution in [2.24, 2.45) is 0 Å². The summed E-state index contributed by atoms with van der Waals surface area (Å²) in [5.74, 6) is 0.495. The van der Waals surface area contributed by atoms with Crippen LogP contribution in [0.2, 0.25) is 0 Å². The molecule has 0 aromatic carbocycles. The summed E-state index contributed by atoms with van der Waals surface area (Å²) in [6, 6.07) is 0.230. The molecule has 0 bridgehead atoms. The number of thioether (sulfide) groups is 1. The van der Waals surface area contributed by atoms with Gasteiger partial charge in [-0.3, -0.25) is 4.79 Å². The second-order valence-corrected chi connectivity index (χ2v) is 7.43. The summed E-state index contributed by atoms with van der Waals surface area (Å²) in [5, 5.41) is 5.14. The molecule has 0 aliphatic heterocycles. The molecule has 3 rings (SSSR count). The standard InChI is InChI=1S/C15H19N3OS2/c1-3-9(2)18-12(19)7-20-14-13-10-5-4-6-11(10)21-15(13)17-8-16-14/h8-9H,3-7H2,1-2H3,(H,18,19)/t9-/m0/s1. The van der Waals surface area contributed by atoms with Crippen LogP contribution in [0.3, 0.4) is 0 Å². The van der Waals surface area contributed by atoms with Crippen molar-refractivity contribution in [1.82, 2.24) is 15.3 Å². The number of aryl methyl sites for hydroxylation is 2. The maximum Gasteiger partial charge on any atom is 0.230 e. The van der Waals surface area contributed by atoms with Crippen molar-refractivity contribution in [1.29, 1.82) is 0 Å². The highest BCUT2D eigenvalue weighted by Crippen LogP contribution is 2.39. The van der Waals surface area contributed by atoms with Crippen LogP contribution in [0, 0.1) is 0 Å². The molecule has 1 aliphatic carbocycles. The van der Waals surface area contributed by atoms with Crippen molar-refractivity contribution in [2.45, 2.75) is 50.6 Å². The first-order valence-electron chi connectivity index (χ1n) is 7.36. The molecule has 21 heavy (non-hydrogen) atoms. The van der Waals surface area contributed by atoms with E-state index in [1.807, 2.05) is 6.92 Å². The molecule has 6 heteroatoms. The molecule has 0 unspecified atom stereocenters. The molecule has 1 amide bonds. The van der Waals surface area contributed by atoms with Gasteiger partial charge in [0.2, 0.25) is 5.91 Å². The van der Waals surface area contributed by atoms with Gasteiger partial charge >= 0.3 is 0 Å². The van der Waals surface area contributed by atoms with Crippen LogP contribution < -0.4 is 5.32 Å². The Bertz CT molecular complexity index is 668. The number of nitrogens with zero attached hydrogens (tertiary/aromatic N) is 2. The summed E-state index contributed by atoms with van der Waals surface area (Å²) in [6.07, 6.45) is 6.07. The van der Waals surface area contributed by atoms with E-state index in [4.69, 9.17) is 0 Å². The molecule has 0 spiro atoms. The van der Waals surface area contributed by atoms with Crippen LogP contribution in [0.5, 0.6) is 0 Å². The van der Waals surface area contributed by atoms with Crippen LogP contribution in [0.1, 0.15) is 37.1 Å². The summed E-state index contributed by atoms with van der Waals surface area (Å²) >= 11 is 3.31. The molecular weight excluding hydrogens is 302 g/mol. The Labute approximate surface area is 132 Å². The number of amides is 1. The first-order valence-corrected chi connectivity index (χ1v) is 9.16. The van der Waals surface area contributed by atoms with E-state index in [0.29, 0.717) is 5.75 Å². The van der Waals surface area contributed by atoms with Gasteiger partial charge in [-0.2, -0.15) is 0 Å². The van der Waals surface area contributed by atoms with Gasteiger partial charge in [0.1, 0.15) is 16.2 Å². The Morgan fingerprint density at radius 3 is 3.14 bits per heavy atom. The van der Waals surface area contributed by atoms with Crippen molar-refractivity contribution in [3.63, 3.8) is 0 Å². The molecule has 0 saturated heterocycles. The SMILES string of the molecule is CC[C@H](C)NC(=O)CSc1ncnc2sc3c(c12)CCC3. The smallest absolute Gasteiger partial charge is 0.230 e. The van der Waals surface area contributed by atoms with E-state index < -0.39 is 0 Å². The Balaban J connectivity index is 1.77. The zero-order chi connectivity index (χ0) is 14.8. The van der Waals surface area contributed by atoms with Crippen LogP contribution in [0.4, 0.5) is 0 Å². The Morgan fingerprint density at radius 2 is 2.33 bits per heavy atom. The van der Waals surface area contributed by atoms with E-state index in [9.17, 15) is 4.79 Å². The lowest BCUT2D eigenvalue weighted by Gasteiger charge is -2.11. The Morgan fingerprint density at radius 1 is 1.48 bits per heavy atom. The van der Waals surface area contributed by atoms with Gasteiger partial charge in [-0.25, -0.2) is 9.97 Å². The largest absolute Gasteiger partial charge is 0.353 e. The highest BCUT2D eigenvalue weighted by molar-refractivity contribution is 8.00. The molecule has 1 atom stereocenters. The summed E-state index contributed by atoms with van der Waals surface area (Å²) in [7, 11) is 0. The molecule has 112 valence electrons. The molecule has 1 N–H and O–H groups in total. The molecular formula is C15H19N3OS2. The maximum atomic E-state index is 11.9. The third kappa shape index (κ3) is 3.06. The predicted molar refractivity (Wildman–Crippen MR) is 88.1 cm³/mol. The maximum absolute atomic E-state index is 11.9. The van der Waals surface area contributed by atoms with Crippen LogP contribution in [-0.4, -0.2) is 27.7 Å². The van der Waals surface area contributed by atoms with Gasteiger partial charge in [-0.05, 0) is 38.2 Å². The van der Waals surface area contributed by atoms with Gasteiger partial charge in [-0.15, -0.1) is 11.3 Å². The number of fused-ring (bicyclic) bond motifs is 3. The second-order valence-electron chi connectivity index (χ2n) is 5.38. The van der Waals surface area contributed by atoms with Crippen LogP contribution in [0.15, 0.2) is 11.4 Å². The number of hydrogen-bond acceptors (Lipinski definition) is 5. The summed E-state index contributed by atoms with van der Waals surface area (Å²) in [6.45, 7) is 4.10. The van der Waals surface area contributed by atoms with E-state index >= 15 is 0 Å². The van der Waals surface area contributed by atoms with E-state index in [1.165, 1.54) is 34.0 Å². The quantitative estimate of drug-likeness (QED) is 0.679. The highest BCUT2D eigenvalue weighted by Gasteiger charge is 2.21. The Kier molecular flexibility index (Phi) is 4.45. The van der Waals surface area contributed by atoms with Gasteiger partial charge in [0.05, 0.1) is 5.75 Å². The zero-order valence-electron chi connectivity index (χ0n) is 12.3. The van der Waals surface area contributed by atoms with Crippen molar-refractivity contribution in [3.8, 4) is 0 Å². The number of carbonyl (C=O) groups excluding carboxylic acids is 1. The van der Waals surface area contributed by atoms with Crippen molar-refractivity contribution >= 4 is 39.2 Å². The average molecular weight is 321 g/mol. The van der Waals surface area contributed by atoms with Gasteiger partial charge < -0.3 is 5.32 Å². The minimum absolute atomic E-state index is 0.0768. The summed E-state index contributed by atoms with van der Waals surface area (Å²) < 4.78 is 0. The number of rotatable bonds is 5. The molecule has 4 nitrogen and oxygen atoms in total. The summed E-state index contributed by atoms with van der Waals surface area (Å²) in [5.41, 5.74) is 1.42. The Hall–Kier alpha value is -1.14. The minimum Gasteiger partial charge on any atom is -0.353 e. The molecule has 0 fully saturated rings. The molecule has 0 radical (unpaired) electrons. The fourth-order valence-electron chi connectivity index (χ4n) is 2.56. The lowest BCUT2D eigenvalue weighted by Crippen LogP contribution is -2.33. The normalized spacial score (nSPS) is 15.1. The van der Waals surface area contributed by atoms with Gasteiger partial charge in [0.15, 0.2) is 0 Å². The van der Waals surface area contributed by atoms with Crippen molar-refractivity contribution < 1.29 is 4.79 Å². The first-order chi connectivity index (χ1) is 10.2. The molecule has 0 saturated carbocycles. The average Bonchev–Trinajstić information content (AvgIpc) is 3.05. The van der Waals surface area contributed by atoms with E-state index in [2.05, 4.69) is 22.2 Å². The summed E-state index contributed by atoms with van der Waals surface area (Å²) in [4.78, 5) is 23.2. The topological polar surface area (TPSA) is 54.9 Å². The predicted octanol–water partition coefficient (Wildman–Crippen LogP) is 3.19. The fraction of sp³-hybridized carbons (Fsp3) is 0.533. The monoisotopic (exact) mass is 321 g/mol. The third-order valence-electron chi connectivity index (χ3n) is 3.83. The first kappa shape index (κ1) is 14.8. The third-order valence-corrected chi connectivity index (χ3v) is 6.02. The lowest BCUT2D eigenvalue weighted by molar-refractivity contribution is -0.119. The van der Waals surface area contributed by atoms with Crippen LogP contribution >= 0.6 is 23.1 Å². The minimum atomic E-state index is 0.0768. The number of aromatic nitrogens is 2. The van der Waals surface area contributed by atoms with Gasteiger partial charge in [0.25, 0.3) is 0 Å². The number of hydrogen-bond donors (Lipinski definition) is 1. The fourth-order valence-corrected chi connectivity index (χ4v) is 4.69. The van der Waals surface area contributed by atoms with Gasteiger partial charge in [0, 0.05) is 16.3 Å². The highest BCUT2D eigenvalue weighted by atomic mass is 32.2. The van der Waals surface area contributed by atoms with Crippen molar-refractivity contribution in [3.05, 3.63) is 16.8 Å². The van der Waals surface area contributed by atoms with E-state index in [0.717, 1.165) is 29.1 Å². The molecule has 2 aromatic heterocycles. The van der Waals surface area contributed by atoms with Gasteiger partial charge in [-0.1, -0.05) is 18.7 Å². The number of nitrogens with one attached hydrogen (secondary N) is 1. The molecule has 2 heterocycles. The molecule has 2 aromatic rings. The number of thiophene rings is 1. The van der Waals surface area contributed by atoms with Crippen LogP contribution in [0.25, 0.3) is 10.2 Å². The van der Waals surface area contributed by atoms with Crippen LogP contribution in [-0.2, 0) is 17.6 Å². The van der Waals surface area contributed by atoms with E-state index in [-0.39, 0.29) is 11.9 Å². The lowest BCUT2D eigenvalue weighted by atomic mass is 10.2. The number of carbonyl (C=O) groups is 1.